The van der Waals surface area contributed by atoms with Crippen molar-refractivity contribution in [3.8, 4) is 0 Å². The molecule has 1 aromatic rings. The van der Waals surface area contributed by atoms with E-state index in [9.17, 15) is 10.1 Å². The molecule has 0 aliphatic heterocycles. The Bertz CT molecular complexity index is 414. The molecule has 1 saturated carbocycles. The van der Waals surface area contributed by atoms with E-state index < -0.39 is 0 Å². The van der Waals surface area contributed by atoms with Crippen LogP contribution in [0.1, 0.15) is 18.4 Å². The van der Waals surface area contributed by atoms with Crippen LogP contribution < -0.4 is 5.32 Å². The molecular formula is C11H14N2O3. The number of hydrogen-bond donors (Lipinski definition) is 2. The molecule has 0 heterocycles. The molecular weight excluding hydrogens is 208 g/mol. The van der Waals surface area contributed by atoms with E-state index in [1.165, 1.54) is 6.07 Å². The minimum atomic E-state index is -0.383. The molecule has 5 nitrogen and oxygen atoms in total. The van der Waals surface area contributed by atoms with Gasteiger partial charge >= 0.3 is 0 Å². The lowest BCUT2D eigenvalue weighted by molar-refractivity contribution is -0.385. The first-order chi connectivity index (χ1) is 7.56. The van der Waals surface area contributed by atoms with Crippen molar-refractivity contribution in [2.24, 2.45) is 0 Å². The van der Waals surface area contributed by atoms with Crippen molar-refractivity contribution >= 4 is 11.4 Å². The van der Waals surface area contributed by atoms with E-state index in [4.69, 9.17) is 5.11 Å². The number of benzene rings is 1. The monoisotopic (exact) mass is 222 g/mol. The molecule has 0 atom stereocenters. The lowest BCUT2D eigenvalue weighted by atomic mass is 9.89. The van der Waals surface area contributed by atoms with Gasteiger partial charge in [0, 0.05) is 23.4 Å². The molecule has 0 aromatic heterocycles. The topological polar surface area (TPSA) is 75.4 Å². The van der Waals surface area contributed by atoms with Gasteiger partial charge in [-0.15, -0.1) is 0 Å². The maximum Gasteiger partial charge on any atom is 0.272 e. The molecule has 2 N–H and O–H groups in total. The Morgan fingerprint density at radius 3 is 2.69 bits per heavy atom. The van der Waals surface area contributed by atoms with Gasteiger partial charge < -0.3 is 10.4 Å². The van der Waals surface area contributed by atoms with Gasteiger partial charge in [0.15, 0.2) is 0 Å². The van der Waals surface area contributed by atoms with Crippen LogP contribution in [-0.2, 0) is 0 Å². The zero-order chi connectivity index (χ0) is 11.7. The highest BCUT2D eigenvalue weighted by Crippen LogP contribution is 2.26. The summed E-state index contributed by atoms with van der Waals surface area (Å²) in [7, 11) is 0. The molecule has 0 amide bonds. The number of aliphatic hydroxyl groups excluding tert-OH is 1. The fourth-order valence-corrected chi connectivity index (χ4v) is 1.89. The zero-order valence-corrected chi connectivity index (χ0v) is 9.01. The van der Waals surface area contributed by atoms with Gasteiger partial charge in [0.05, 0.1) is 11.0 Å². The Kier molecular flexibility index (Phi) is 2.78. The Labute approximate surface area is 93.2 Å². The molecule has 1 aliphatic rings. The summed E-state index contributed by atoms with van der Waals surface area (Å²) < 4.78 is 0. The number of nitrogens with zero attached hydrogens (tertiary/aromatic N) is 1. The van der Waals surface area contributed by atoms with Crippen molar-refractivity contribution < 1.29 is 10.0 Å². The van der Waals surface area contributed by atoms with Gasteiger partial charge in [0.25, 0.3) is 5.69 Å². The number of rotatable bonds is 3. The third-order valence-corrected chi connectivity index (χ3v) is 2.88. The van der Waals surface area contributed by atoms with Crippen molar-refractivity contribution in [3.05, 3.63) is 33.9 Å². The first kappa shape index (κ1) is 10.9. The highest BCUT2D eigenvalue weighted by atomic mass is 16.6. The van der Waals surface area contributed by atoms with E-state index in [-0.39, 0.29) is 22.8 Å². The van der Waals surface area contributed by atoms with Gasteiger partial charge in [-0.25, -0.2) is 0 Å². The SMILES string of the molecule is Cc1cc(NC2CC(O)C2)ccc1[N+](=O)[O-]. The quantitative estimate of drug-likeness (QED) is 0.604. The number of nitro benzene ring substituents is 1. The van der Waals surface area contributed by atoms with Gasteiger partial charge in [-0.3, -0.25) is 10.1 Å². The van der Waals surface area contributed by atoms with Crippen molar-refractivity contribution in [1.82, 2.24) is 0 Å². The second kappa shape index (κ2) is 4.09. The van der Waals surface area contributed by atoms with Crippen molar-refractivity contribution in [3.63, 3.8) is 0 Å². The number of aliphatic hydroxyl groups is 1. The molecule has 2 rings (SSSR count). The van der Waals surface area contributed by atoms with Crippen molar-refractivity contribution in [1.29, 1.82) is 0 Å². The standard InChI is InChI=1S/C11H14N2O3/c1-7-4-8(2-3-11(7)13(15)16)12-9-5-10(14)6-9/h2-4,9-10,12,14H,5-6H2,1H3. The van der Waals surface area contributed by atoms with Gasteiger partial charge in [-0.1, -0.05) is 0 Å². The molecule has 1 aromatic carbocycles. The Hall–Kier alpha value is -1.62. The number of anilines is 1. The number of hydrogen-bond acceptors (Lipinski definition) is 4. The van der Waals surface area contributed by atoms with Crippen LogP contribution in [0.5, 0.6) is 0 Å². The lowest BCUT2D eigenvalue weighted by Gasteiger charge is -2.32. The van der Waals surface area contributed by atoms with E-state index in [1.54, 1.807) is 19.1 Å². The zero-order valence-electron chi connectivity index (χ0n) is 9.01. The summed E-state index contributed by atoms with van der Waals surface area (Å²) in [6, 6.07) is 5.27. The smallest absolute Gasteiger partial charge is 0.272 e. The largest absolute Gasteiger partial charge is 0.393 e. The molecule has 0 spiro atoms. The summed E-state index contributed by atoms with van der Waals surface area (Å²) in [6.45, 7) is 1.72. The van der Waals surface area contributed by atoms with Gasteiger partial charge in [-0.2, -0.15) is 0 Å². The van der Waals surface area contributed by atoms with Crippen LogP contribution >= 0.6 is 0 Å². The van der Waals surface area contributed by atoms with Gasteiger partial charge in [-0.05, 0) is 31.9 Å². The second-order valence-electron chi connectivity index (χ2n) is 4.22. The summed E-state index contributed by atoms with van der Waals surface area (Å²) in [5.74, 6) is 0. The maximum atomic E-state index is 10.6. The predicted octanol–water partition coefficient (Wildman–Crippen LogP) is 1.84. The summed E-state index contributed by atoms with van der Waals surface area (Å²) >= 11 is 0. The van der Waals surface area contributed by atoms with Crippen LogP contribution in [0, 0.1) is 17.0 Å². The molecule has 16 heavy (non-hydrogen) atoms. The van der Waals surface area contributed by atoms with Crippen molar-refractivity contribution in [2.45, 2.75) is 31.9 Å². The van der Waals surface area contributed by atoms with E-state index in [0.717, 1.165) is 18.5 Å². The van der Waals surface area contributed by atoms with Gasteiger partial charge in [0.2, 0.25) is 0 Å². The van der Waals surface area contributed by atoms with Crippen LogP contribution in [0.25, 0.3) is 0 Å². The molecule has 0 saturated heterocycles. The molecule has 86 valence electrons. The average molecular weight is 222 g/mol. The lowest BCUT2D eigenvalue weighted by Crippen LogP contribution is -2.38. The first-order valence-electron chi connectivity index (χ1n) is 5.26. The first-order valence-corrected chi connectivity index (χ1v) is 5.26. The van der Waals surface area contributed by atoms with Crippen LogP contribution in [0.4, 0.5) is 11.4 Å². The van der Waals surface area contributed by atoms with Crippen molar-refractivity contribution in [2.75, 3.05) is 5.32 Å². The molecule has 0 radical (unpaired) electrons. The summed E-state index contributed by atoms with van der Waals surface area (Å²) in [6.07, 6.45) is 1.29. The highest BCUT2D eigenvalue weighted by Gasteiger charge is 2.27. The summed E-state index contributed by atoms with van der Waals surface area (Å²) in [4.78, 5) is 10.2. The predicted molar refractivity (Wildman–Crippen MR) is 60.5 cm³/mol. The molecule has 1 fully saturated rings. The molecule has 0 unspecified atom stereocenters. The molecule has 5 heteroatoms. The van der Waals surface area contributed by atoms with Crippen LogP contribution in [0.15, 0.2) is 18.2 Å². The maximum absolute atomic E-state index is 10.6. The molecule has 0 bridgehead atoms. The Morgan fingerprint density at radius 2 is 2.19 bits per heavy atom. The second-order valence-corrected chi connectivity index (χ2v) is 4.22. The normalized spacial score (nSPS) is 23.6. The number of aryl methyl sites for hydroxylation is 1. The average Bonchev–Trinajstić information content (AvgIpc) is 2.15. The van der Waals surface area contributed by atoms with E-state index in [2.05, 4.69) is 5.32 Å². The van der Waals surface area contributed by atoms with Gasteiger partial charge in [0.1, 0.15) is 0 Å². The van der Waals surface area contributed by atoms with E-state index >= 15 is 0 Å². The Morgan fingerprint density at radius 1 is 1.50 bits per heavy atom. The third-order valence-electron chi connectivity index (χ3n) is 2.88. The summed E-state index contributed by atoms with van der Waals surface area (Å²) in [5, 5.41) is 23.0. The summed E-state index contributed by atoms with van der Waals surface area (Å²) in [5.41, 5.74) is 1.66. The van der Waals surface area contributed by atoms with Crippen LogP contribution in [-0.4, -0.2) is 22.2 Å². The number of nitro groups is 1. The molecule has 1 aliphatic carbocycles. The highest BCUT2D eigenvalue weighted by molar-refractivity contribution is 5.54. The third kappa shape index (κ3) is 2.14. The fourth-order valence-electron chi connectivity index (χ4n) is 1.89. The minimum Gasteiger partial charge on any atom is -0.393 e. The Balaban J connectivity index is 2.06. The van der Waals surface area contributed by atoms with Crippen LogP contribution in [0.3, 0.4) is 0 Å². The van der Waals surface area contributed by atoms with E-state index in [0.29, 0.717) is 5.56 Å². The number of nitrogens with one attached hydrogen (secondary N) is 1. The van der Waals surface area contributed by atoms with E-state index in [1.807, 2.05) is 0 Å². The fraction of sp³-hybridized carbons (Fsp3) is 0.455. The van der Waals surface area contributed by atoms with Crippen LogP contribution in [0.2, 0.25) is 0 Å². The minimum absolute atomic E-state index is 0.138.